The van der Waals surface area contributed by atoms with Gasteiger partial charge in [0.25, 0.3) is 0 Å². The van der Waals surface area contributed by atoms with Crippen molar-refractivity contribution in [2.45, 2.75) is 40.2 Å². The molecule has 2 aromatic rings. The van der Waals surface area contributed by atoms with Gasteiger partial charge in [0.05, 0.1) is 0 Å². The Morgan fingerprint density at radius 1 is 1.47 bits per heavy atom. The monoisotopic (exact) mass is 277 g/mol. The second-order valence-electron chi connectivity index (χ2n) is 6.32. The third-order valence-electron chi connectivity index (χ3n) is 4.24. The van der Waals surface area contributed by atoms with Crippen molar-refractivity contribution < 1.29 is 0 Å². The Bertz CT molecular complexity index is 615. The van der Waals surface area contributed by atoms with Crippen LogP contribution in [0.4, 0.5) is 0 Å². The molecule has 3 nitrogen and oxygen atoms in total. The lowest BCUT2D eigenvalue weighted by molar-refractivity contribution is 0.495. The summed E-state index contributed by atoms with van der Waals surface area (Å²) in [6, 6.07) is 2.11. The van der Waals surface area contributed by atoms with Crippen molar-refractivity contribution in [3.63, 3.8) is 0 Å². The van der Waals surface area contributed by atoms with E-state index >= 15 is 0 Å². The lowest BCUT2D eigenvalue weighted by Crippen LogP contribution is -2.09. The molecule has 1 aliphatic rings. The summed E-state index contributed by atoms with van der Waals surface area (Å²) in [6.07, 6.45) is 4.02. The van der Waals surface area contributed by atoms with E-state index in [4.69, 9.17) is 16.6 Å². The first kappa shape index (κ1) is 12.9. The number of imidazole rings is 1. The molecule has 1 atom stereocenters. The van der Waals surface area contributed by atoms with Gasteiger partial charge >= 0.3 is 0 Å². The fourth-order valence-electron chi connectivity index (χ4n) is 2.73. The highest BCUT2D eigenvalue weighted by Gasteiger charge is 2.45. The van der Waals surface area contributed by atoms with E-state index in [1.807, 2.05) is 6.20 Å². The summed E-state index contributed by atoms with van der Waals surface area (Å²) in [4.78, 5) is 9.28. The van der Waals surface area contributed by atoms with Crippen LogP contribution in [0.3, 0.4) is 0 Å². The van der Waals surface area contributed by atoms with Gasteiger partial charge in [0, 0.05) is 25.0 Å². The number of alkyl halides is 1. The fourth-order valence-corrected chi connectivity index (χ4v) is 2.90. The van der Waals surface area contributed by atoms with E-state index in [2.05, 4.69) is 36.4 Å². The first-order valence-corrected chi connectivity index (χ1v) is 7.42. The van der Waals surface area contributed by atoms with Crippen molar-refractivity contribution in [3.05, 3.63) is 23.7 Å². The Hall–Kier alpha value is -1.09. The maximum Gasteiger partial charge on any atom is 0.160 e. The number of rotatable bonds is 4. The summed E-state index contributed by atoms with van der Waals surface area (Å²) in [7, 11) is 0. The Morgan fingerprint density at radius 3 is 2.84 bits per heavy atom. The van der Waals surface area contributed by atoms with Crippen molar-refractivity contribution in [2.75, 3.05) is 5.88 Å². The maximum atomic E-state index is 5.90. The number of aryl methyl sites for hydroxylation is 2. The molecular formula is C15H20ClN3. The topological polar surface area (TPSA) is 30.7 Å². The minimum Gasteiger partial charge on any atom is -0.312 e. The minimum absolute atomic E-state index is 0.472. The Labute approximate surface area is 119 Å². The third kappa shape index (κ3) is 2.36. The molecular weight excluding hydrogens is 258 g/mol. The van der Waals surface area contributed by atoms with Crippen LogP contribution in [0.25, 0.3) is 11.2 Å². The standard InChI is InChI=1S/C15H20ClN3/c1-10-6-12-14(17-8-10)19(13(18-12)4-5-16)9-11-7-15(11,2)3/h6,8,11H,4-5,7,9H2,1-3H3. The number of pyridine rings is 1. The quantitative estimate of drug-likeness (QED) is 0.800. The molecule has 3 rings (SSSR count). The predicted molar refractivity (Wildman–Crippen MR) is 78.6 cm³/mol. The summed E-state index contributed by atoms with van der Waals surface area (Å²) in [5.41, 5.74) is 3.63. The zero-order valence-electron chi connectivity index (χ0n) is 11.8. The predicted octanol–water partition coefficient (Wildman–Crippen LogP) is 3.57. The van der Waals surface area contributed by atoms with E-state index in [-0.39, 0.29) is 0 Å². The number of halogens is 1. The van der Waals surface area contributed by atoms with Gasteiger partial charge in [-0.15, -0.1) is 11.6 Å². The van der Waals surface area contributed by atoms with Crippen LogP contribution in [0, 0.1) is 18.3 Å². The summed E-state index contributed by atoms with van der Waals surface area (Å²) < 4.78 is 2.27. The molecule has 102 valence electrons. The van der Waals surface area contributed by atoms with Crippen molar-refractivity contribution in [2.24, 2.45) is 11.3 Å². The SMILES string of the molecule is Cc1cnc2c(c1)nc(CCCl)n2CC1CC1(C)C. The summed E-state index contributed by atoms with van der Waals surface area (Å²) >= 11 is 5.90. The van der Waals surface area contributed by atoms with Crippen LogP contribution in [-0.2, 0) is 13.0 Å². The summed E-state index contributed by atoms with van der Waals surface area (Å²) in [5, 5.41) is 0. The van der Waals surface area contributed by atoms with Crippen LogP contribution in [0.15, 0.2) is 12.3 Å². The van der Waals surface area contributed by atoms with Gasteiger partial charge in [0.2, 0.25) is 0 Å². The van der Waals surface area contributed by atoms with E-state index in [9.17, 15) is 0 Å². The molecule has 0 bridgehead atoms. The van der Waals surface area contributed by atoms with Crippen LogP contribution in [0.5, 0.6) is 0 Å². The van der Waals surface area contributed by atoms with Crippen LogP contribution in [-0.4, -0.2) is 20.4 Å². The maximum absolute atomic E-state index is 5.90. The molecule has 4 heteroatoms. The average molecular weight is 278 g/mol. The van der Waals surface area contributed by atoms with Gasteiger partial charge < -0.3 is 4.57 Å². The van der Waals surface area contributed by atoms with E-state index in [0.717, 1.165) is 41.4 Å². The highest BCUT2D eigenvalue weighted by atomic mass is 35.5. The van der Waals surface area contributed by atoms with Gasteiger partial charge in [-0.2, -0.15) is 0 Å². The second kappa shape index (κ2) is 4.48. The number of nitrogens with zero attached hydrogens (tertiary/aromatic N) is 3. The molecule has 0 aromatic carbocycles. The normalized spacial score (nSPS) is 20.9. The Balaban J connectivity index is 2.01. The number of hydrogen-bond donors (Lipinski definition) is 0. The lowest BCUT2D eigenvalue weighted by atomic mass is 10.1. The molecule has 0 N–H and O–H groups in total. The molecule has 0 amide bonds. The molecule has 2 aromatic heterocycles. The van der Waals surface area contributed by atoms with Gasteiger partial charge in [-0.3, -0.25) is 0 Å². The van der Waals surface area contributed by atoms with Crippen molar-refractivity contribution in [1.82, 2.24) is 14.5 Å². The van der Waals surface area contributed by atoms with Crippen LogP contribution < -0.4 is 0 Å². The molecule has 1 fully saturated rings. The van der Waals surface area contributed by atoms with Crippen molar-refractivity contribution in [1.29, 1.82) is 0 Å². The number of aromatic nitrogens is 3. The summed E-state index contributed by atoms with van der Waals surface area (Å²) in [6.45, 7) is 7.73. The van der Waals surface area contributed by atoms with Crippen molar-refractivity contribution >= 4 is 22.8 Å². The number of hydrogen-bond acceptors (Lipinski definition) is 2. The Kier molecular flexibility index (Phi) is 3.05. The van der Waals surface area contributed by atoms with E-state index in [1.165, 1.54) is 6.42 Å². The van der Waals surface area contributed by atoms with Gasteiger partial charge in [-0.1, -0.05) is 13.8 Å². The smallest absolute Gasteiger partial charge is 0.160 e. The van der Waals surface area contributed by atoms with Gasteiger partial charge in [0.15, 0.2) is 5.65 Å². The minimum atomic E-state index is 0.472. The van der Waals surface area contributed by atoms with Gasteiger partial charge in [-0.05, 0) is 36.3 Å². The molecule has 19 heavy (non-hydrogen) atoms. The van der Waals surface area contributed by atoms with Crippen LogP contribution in [0.2, 0.25) is 0 Å². The highest BCUT2D eigenvalue weighted by molar-refractivity contribution is 6.17. The third-order valence-corrected chi connectivity index (χ3v) is 4.43. The first-order chi connectivity index (χ1) is 9.01. The molecule has 1 aliphatic carbocycles. The van der Waals surface area contributed by atoms with E-state index in [1.54, 1.807) is 0 Å². The number of fused-ring (bicyclic) bond motifs is 1. The van der Waals surface area contributed by atoms with E-state index in [0.29, 0.717) is 11.3 Å². The van der Waals surface area contributed by atoms with E-state index < -0.39 is 0 Å². The average Bonchev–Trinajstić information content (AvgIpc) is 2.79. The largest absolute Gasteiger partial charge is 0.312 e. The fraction of sp³-hybridized carbons (Fsp3) is 0.600. The zero-order valence-corrected chi connectivity index (χ0v) is 12.5. The van der Waals surface area contributed by atoms with Gasteiger partial charge in [-0.25, -0.2) is 9.97 Å². The Morgan fingerprint density at radius 2 is 2.21 bits per heavy atom. The first-order valence-electron chi connectivity index (χ1n) is 6.89. The summed E-state index contributed by atoms with van der Waals surface area (Å²) in [5.74, 6) is 2.42. The molecule has 0 aliphatic heterocycles. The van der Waals surface area contributed by atoms with Crippen LogP contribution in [0.1, 0.15) is 31.7 Å². The molecule has 1 unspecified atom stereocenters. The molecule has 0 spiro atoms. The van der Waals surface area contributed by atoms with Crippen LogP contribution >= 0.6 is 11.6 Å². The molecule has 1 saturated carbocycles. The highest BCUT2D eigenvalue weighted by Crippen LogP contribution is 2.52. The van der Waals surface area contributed by atoms with Crippen molar-refractivity contribution in [3.8, 4) is 0 Å². The zero-order chi connectivity index (χ0) is 13.6. The molecule has 2 heterocycles. The molecule has 0 radical (unpaired) electrons. The van der Waals surface area contributed by atoms with Gasteiger partial charge in [0.1, 0.15) is 11.3 Å². The lowest BCUT2D eigenvalue weighted by Gasteiger charge is -2.09. The second-order valence-corrected chi connectivity index (χ2v) is 6.70. The molecule has 0 saturated heterocycles.